The first kappa shape index (κ1) is 17.9. The van der Waals surface area contributed by atoms with E-state index in [-0.39, 0.29) is 12.5 Å². The summed E-state index contributed by atoms with van der Waals surface area (Å²) in [5.74, 6) is -0.501. The van der Waals surface area contributed by atoms with E-state index in [1.54, 1.807) is 19.2 Å². The van der Waals surface area contributed by atoms with Crippen LogP contribution in [0.5, 0.6) is 5.75 Å². The van der Waals surface area contributed by atoms with Crippen LogP contribution in [0.2, 0.25) is 5.02 Å². The molecule has 1 aliphatic rings. The molecule has 2 aromatic carbocycles. The van der Waals surface area contributed by atoms with E-state index < -0.39 is 5.79 Å². The van der Waals surface area contributed by atoms with Gasteiger partial charge in [-0.25, -0.2) is 0 Å². The van der Waals surface area contributed by atoms with Crippen LogP contribution in [0, 0.1) is 0 Å². The third-order valence-electron chi connectivity index (χ3n) is 4.59. The number of amides is 1. The second-order valence-electron chi connectivity index (χ2n) is 6.28. The molecular formula is C20H19ClN2O4. The summed E-state index contributed by atoms with van der Waals surface area (Å²) in [7, 11) is 1.61. The predicted molar refractivity (Wildman–Crippen MR) is 102 cm³/mol. The number of benzene rings is 2. The molecule has 2 heterocycles. The van der Waals surface area contributed by atoms with Crippen molar-refractivity contribution in [2.75, 3.05) is 26.9 Å². The van der Waals surface area contributed by atoms with E-state index in [2.05, 4.69) is 10.3 Å². The van der Waals surface area contributed by atoms with Crippen LogP contribution in [-0.4, -0.2) is 37.8 Å². The molecule has 1 saturated heterocycles. The quantitative estimate of drug-likeness (QED) is 0.704. The Morgan fingerprint density at radius 3 is 2.63 bits per heavy atom. The molecule has 1 fully saturated rings. The fourth-order valence-corrected chi connectivity index (χ4v) is 3.37. The van der Waals surface area contributed by atoms with E-state index in [9.17, 15) is 4.79 Å². The van der Waals surface area contributed by atoms with Crippen LogP contribution >= 0.6 is 11.6 Å². The number of fused-ring (bicyclic) bond motifs is 1. The number of ether oxygens (including phenoxy) is 3. The summed E-state index contributed by atoms with van der Waals surface area (Å²) in [6.45, 7) is 1.12. The smallest absolute Gasteiger partial charge is 0.267 e. The fraction of sp³-hybridized carbons (Fsp3) is 0.250. The lowest BCUT2D eigenvalue weighted by atomic mass is 10.1. The van der Waals surface area contributed by atoms with Crippen molar-refractivity contribution in [2.45, 2.75) is 5.79 Å². The predicted octanol–water partition coefficient (Wildman–Crippen LogP) is 3.46. The van der Waals surface area contributed by atoms with Gasteiger partial charge in [0.05, 0.1) is 26.9 Å². The summed E-state index contributed by atoms with van der Waals surface area (Å²) in [4.78, 5) is 15.7. The van der Waals surface area contributed by atoms with E-state index in [0.29, 0.717) is 23.9 Å². The summed E-state index contributed by atoms with van der Waals surface area (Å²) in [6.07, 6.45) is 0. The number of methoxy groups -OCH3 is 1. The zero-order valence-corrected chi connectivity index (χ0v) is 15.5. The average Bonchev–Trinajstić information content (AvgIpc) is 3.33. The molecule has 0 saturated carbocycles. The van der Waals surface area contributed by atoms with Crippen molar-refractivity contribution < 1.29 is 19.0 Å². The maximum absolute atomic E-state index is 12.6. The first-order valence-electron chi connectivity index (χ1n) is 8.58. The number of hydrogen-bond donors (Lipinski definition) is 2. The number of halogens is 1. The maximum atomic E-state index is 12.6. The molecule has 0 unspecified atom stereocenters. The van der Waals surface area contributed by atoms with E-state index >= 15 is 0 Å². The Morgan fingerprint density at radius 1 is 1.19 bits per heavy atom. The van der Waals surface area contributed by atoms with Gasteiger partial charge in [-0.3, -0.25) is 4.79 Å². The molecule has 4 rings (SSSR count). The fourth-order valence-electron chi connectivity index (χ4n) is 3.19. The number of carbonyl (C=O) groups is 1. The number of hydrogen-bond acceptors (Lipinski definition) is 4. The largest absolute Gasteiger partial charge is 0.497 e. The molecule has 1 aromatic heterocycles. The van der Waals surface area contributed by atoms with Gasteiger partial charge in [-0.05, 0) is 48.5 Å². The molecule has 1 aliphatic heterocycles. The van der Waals surface area contributed by atoms with Crippen molar-refractivity contribution in [3.05, 3.63) is 64.8 Å². The molecule has 140 valence electrons. The van der Waals surface area contributed by atoms with Gasteiger partial charge >= 0.3 is 0 Å². The Kier molecular flexibility index (Phi) is 4.78. The monoisotopic (exact) mass is 386 g/mol. The Morgan fingerprint density at radius 2 is 1.93 bits per heavy atom. The van der Waals surface area contributed by atoms with Gasteiger partial charge in [0.1, 0.15) is 11.4 Å². The number of aromatic nitrogens is 1. The highest BCUT2D eigenvalue weighted by Gasteiger charge is 2.39. The van der Waals surface area contributed by atoms with Gasteiger partial charge in [0.15, 0.2) is 0 Å². The number of rotatable bonds is 5. The van der Waals surface area contributed by atoms with Crippen LogP contribution < -0.4 is 10.1 Å². The summed E-state index contributed by atoms with van der Waals surface area (Å²) in [5.41, 5.74) is 2.13. The van der Waals surface area contributed by atoms with Crippen molar-refractivity contribution in [2.24, 2.45) is 0 Å². The Balaban J connectivity index is 1.52. The number of H-pyrrole nitrogens is 1. The molecule has 3 aromatic rings. The van der Waals surface area contributed by atoms with E-state index in [1.165, 1.54) is 0 Å². The van der Waals surface area contributed by atoms with Gasteiger partial charge in [0.25, 0.3) is 5.91 Å². The van der Waals surface area contributed by atoms with Gasteiger partial charge in [0, 0.05) is 21.5 Å². The minimum Gasteiger partial charge on any atom is -0.497 e. The molecule has 2 N–H and O–H groups in total. The first-order chi connectivity index (χ1) is 13.1. The molecule has 1 amide bonds. The number of aromatic amines is 1. The summed E-state index contributed by atoms with van der Waals surface area (Å²) in [5, 5.41) is 4.41. The second-order valence-corrected chi connectivity index (χ2v) is 6.71. The Labute approximate surface area is 161 Å². The Hall–Kier alpha value is -2.54. The molecule has 0 radical (unpaired) electrons. The Bertz CT molecular complexity index is 962. The van der Waals surface area contributed by atoms with E-state index in [0.717, 1.165) is 22.2 Å². The van der Waals surface area contributed by atoms with Crippen LogP contribution in [0.1, 0.15) is 16.1 Å². The van der Waals surface area contributed by atoms with Crippen molar-refractivity contribution in [3.63, 3.8) is 0 Å². The topological polar surface area (TPSA) is 72.6 Å². The third-order valence-corrected chi connectivity index (χ3v) is 4.83. The minimum atomic E-state index is -1.00. The van der Waals surface area contributed by atoms with Gasteiger partial charge in [-0.15, -0.1) is 0 Å². The molecule has 0 atom stereocenters. The maximum Gasteiger partial charge on any atom is 0.267 e. The van der Waals surface area contributed by atoms with Crippen LogP contribution in [-0.2, 0) is 15.3 Å². The SMILES string of the molecule is COc1ccc(C2(CNC(=O)c3cc4cc(Cl)ccc4[nH]3)OCCO2)cc1. The molecule has 0 spiro atoms. The van der Waals surface area contributed by atoms with Crippen molar-refractivity contribution in [3.8, 4) is 5.75 Å². The molecule has 27 heavy (non-hydrogen) atoms. The van der Waals surface area contributed by atoms with Crippen LogP contribution in [0.25, 0.3) is 10.9 Å². The van der Waals surface area contributed by atoms with Crippen LogP contribution in [0.4, 0.5) is 0 Å². The molecule has 0 aliphatic carbocycles. The van der Waals surface area contributed by atoms with Gasteiger partial charge in [0.2, 0.25) is 5.79 Å². The molecule has 6 nitrogen and oxygen atoms in total. The molecule has 7 heteroatoms. The van der Waals surface area contributed by atoms with Crippen molar-refractivity contribution >= 4 is 28.4 Å². The second kappa shape index (κ2) is 7.23. The lowest BCUT2D eigenvalue weighted by Crippen LogP contribution is -2.41. The highest BCUT2D eigenvalue weighted by atomic mass is 35.5. The normalized spacial score (nSPS) is 15.8. The van der Waals surface area contributed by atoms with Crippen molar-refractivity contribution in [1.82, 2.24) is 10.3 Å². The first-order valence-corrected chi connectivity index (χ1v) is 8.96. The molecular weight excluding hydrogens is 368 g/mol. The zero-order valence-electron chi connectivity index (χ0n) is 14.8. The van der Waals surface area contributed by atoms with Gasteiger partial charge < -0.3 is 24.5 Å². The van der Waals surface area contributed by atoms with Gasteiger partial charge in [-0.2, -0.15) is 0 Å². The number of nitrogens with one attached hydrogen (secondary N) is 2. The molecule has 0 bridgehead atoms. The summed E-state index contributed by atoms with van der Waals surface area (Å²) >= 11 is 6.01. The number of carbonyl (C=O) groups excluding carboxylic acids is 1. The van der Waals surface area contributed by atoms with Crippen LogP contribution in [0.15, 0.2) is 48.5 Å². The van der Waals surface area contributed by atoms with E-state index in [4.69, 9.17) is 25.8 Å². The van der Waals surface area contributed by atoms with Crippen molar-refractivity contribution in [1.29, 1.82) is 0 Å². The zero-order chi connectivity index (χ0) is 18.9. The lowest BCUT2D eigenvalue weighted by Gasteiger charge is -2.28. The third kappa shape index (κ3) is 3.51. The van der Waals surface area contributed by atoms with Crippen LogP contribution in [0.3, 0.4) is 0 Å². The highest BCUT2D eigenvalue weighted by molar-refractivity contribution is 6.31. The average molecular weight is 387 g/mol. The highest BCUT2D eigenvalue weighted by Crippen LogP contribution is 2.32. The summed E-state index contributed by atoms with van der Waals surface area (Å²) in [6, 6.07) is 14.6. The summed E-state index contributed by atoms with van der Waals surface area (Å²) < 4.78 is 16.9. The minimum absolute atomic E-state index is 0.189. The van der Waals surface area contributed by atoms with Gasteiger partial charge in [-0.1, -0.05) is 11.6 Å². The lowest BCUT2D eigenvalue weighted by molar-refractivity contribution is -0.160. The van der Waals surface area contributed by atoms with E-state index in [1.807, 2.05) is 36.4 Å². The standard InChI is InChI=1S/C20H19ClN2O4/c1-25-16-5-2-14(3-6-16)20(26-8-9-27-20)12-22-19(24)18-11-13-10-15(21)4-7-17(13)23-18/h2-7,10-11,23H,8-9,12H2,1H3,(H,22,24).